The van der Waals surface area contributed by atoms with Gasteiger partial charge in [-0.3, -0.25) is 0 Å². The molecule has 0 heterocycles. The fourth-order valence-corrected chi connectivity index (χ4v) is 1.61. The molecule has 0 N–H and O–H groups in total. The summed E-state index contributed by atoms with van der Waals surface area (Å²) in [6, 6.07) is 3.48. The topological polar surface area (TPSA) is 54.0 Å². The summed E-state index contributed by atoms with van der Waals surface area (Å²) in [5.41, 5.74) is 0.623. The fourth-order valence-electron chi connectivity index (χ4n) is 1.61. The van der Waals surface area contributed by atoms with Gasteiger partial charge >= 0.3 is 5.97 Å². The van der Waals surface area contributed by atoms with Crippen molar-refractivity contribution in [2.45, 2.75) is 6.92 Å². The highest BCUT2D eigenvalue weighted by molar-refractivity contribution is 5.88. The summed E-state index contributed by atoms with van der Waals surface area (Å²) < 4.78 is 20.6. The van der Waals surface area contributed by atoms with Gasteiger partial charge in [-0.15, -0.1) is 0 Å². The number of benzene rings is 1. The van der Waals surface area contributed by atoms with E-state index in [2.05, 4.69) is 0 Å². The molecule has 0 spiro atoms. The molecule has 0 amide bonds. The second kappa shape index (κ2) is 7.31. The van der Waals surface area contributed by atoms with Gasteiger partial charge in [0.25, 0.3) is 0 Å². The maximum atomic E-state index is 11.3. The second-order valence-electron chi connectivity index (χ2n) is 3.50. The number of hydrogen-bond acceptors (Lipinski definition) is 5. The Morgan fingerprint density at radius 1 is 1.11 bits per heavy atom. The maximum Gasteiger partial charge on any atom is 0.330 e. The molecular formula is C14H18O5. The lowest BCUT2D eigenvalue weighted by Gasteiger charge is -2.13. The van der Waals surface area contributed by atoms with Crippen LogP contribution in [0.25, 0.3) is 6.08 Å². The Labute approximate surface area is 112 Å². The molecule has 0 aliphatic heterocycles. The van der Waals surface area contributed by atoms with Gasteiger partial charge in [0.15, 0.2) is 11.5 Å². The van der Waals surface area contributed by atoms with Crippen molar-refractivity contribution in [3.63, 3.8) is 0 Å². The zero-order chi connectivity index (χ0) is 14.3. The van der Waals surface area contributed by atoms with Crippen LogP contribution < -0.4 is 14.2 Å². The number of esters is 1. The van der Waals surface area contributed by atoms with E-state index < -0.39 is 5.97 Å². The largest absolute Gasteiger partial charge is 0.496 e. The lowest BCUT2D eigenvalue weighted by molar-refractivity contribution is -0.137. The normalized spacial score (nSPS) is 10.3. The molecule has 104 valence electrons. The molecule has 5 heteroatoms. The van der Waals surface area contributed by atoms with Gasteiger partial charge in [-0.25, -0.2) is 4.79 Å². The van der Waals surface area contributed by atoms with Crippen molar-refractivity contribution in [1.82, 2.24) is 0 Å². The van der Waals surface area contributed by atoms with Crippen molar-refractivity contribution in [2.24, 2.45) is 0 Å². The Morgan fingerprint density at radius 3 is 2.26 bits per heavy atom. The number of methoxy groups -OCH3 is 3. The van der Waals surface area contributed by atoms with E-state index in [0.717, 1.165) is 0 Å². The summed E-state index contributed by atoms with van der Waals surface area (Å²) in [5.74, 6) is 1.22. The zero-order valence-corrected chi connectivity index (χ0v) is 11.6. The van der Waals surface area contributed by atoms with Gasteiger partial charge in [-0.05, 0) is 25.1 Å². The molecule has 0 atom stereocenters. The van der Waals surface area contributed by atoms with Crippen LogP contribution in [0.5, 0.6) is 17.2 Å². The monoisotopic (exact) mass is 266 g/mol. The van der Waals surface area contributed by atoms with Crippen LogP contribution in [-0.4, -0.2) is 33.9 Å². The molecule has 0 aromatic heterocycles. The molecule has 5 nitrogen and oxygen atoms in total. The number of rotatable bonds is 6. The maximum absolute atomic E-state index is 11.3. The molecule has 0 unspecified atom stereocenters. The lowest BCUT2D eigenvalue weighted by Crippen LogP contribution is -2.00. The molecular weight excluding hydrogens is 248 g/mol. The Kier molecular flexibility index (Phi) is 5.73. The van der Waals surface area contributed by atoms with E-state index in [9.17, 15) is 4.79 Å². The standard InChI is InChI=1S/C14H18O5/c1-5-19-13(15)9-6-10-11(16-2)7-8-12(17-3)14(10)18-4/h6-9H,5H2,1-4H3. The van der Waals surface area contributed by atoms with E-state index in [1.165, 1.54) is 13.2 Å². The molecule has 1 aromatic carbocycles. The third-order valence-electron chi connectivity index (χ3n) is 2.44. The number of carbonyl (C=O) groups excluding carboxylic acids is 1. The fraction of sp³-hybridized carbons (Fsp3) is 0.357. The third-order valence-corrected chi connectivity index (χ3v) is 2.44. The minimum atomic E-state index is -0.422. The Hall–Kier alpha value is -2.17. The lowest BCUT2D eigenvalue weighted by atomic mass is 10.1. The van der Waals surface area contributed by atoms with Crippen LogP contribution in [0.2, 0.25) is 0 Å². The minimum Gasteiger partial charge on any atom is -0.496 e. The molecule has 0 saturated carbocycles. The third kappa shape index (κ3) is 3.64. The summed E-state index contributed by atoms with van der Waals surface area (Å²) in [6.07, 6.45) is 2.90. The van der Waals surface area contributed by atoms with Crippen LogP contribution in [0.4, 0.5) is 0 Å². The smallest absolute Gasteiger partial charge is 0.330 e. The molecule has 1 aromatic rings. The van der Waals surface area contributed by atoms with Crippen LogP contribution in [-0.2, 0) is 9.53 Å². The first-order valence-electron chi connectivity index (χ1n) is 5.81. The van der Waals surface area contributed by atoms with E-state index in [-0.39, 0.29) is 0 Å². The molecule has 0 fully saturated rings. The van der Waals surface area contributed by atoms with Gasteiger partial charge < -0.3 is 18.9 Å². The number of carbonyl (C=O) groups is 1. The first-order valence-corrected chi connectivity index (χ1v) is 5.81. The zero-order valence-electron chi connectivity index (χ0n) is 11.6. The van der Waals surface area contributed by atoms with Crippen LogP contribution >= 0.6 is 0 Å². The minimum absolute atomic E-state index is 0.329. The van der Waals surface area contributed by atoms with Crippen molar-refractivity contribution in [2.75, 3.05) is 27.9 Å². The van der Waals surface area contributed by atoms with Gasteiger partial charge in [0.1, 0.15) is 5.75 Å². The Bertz CT molecular complexity index is 465. The quantitative estimate of drug-likeness (QED) is 0.584. The van der Waals surface area contributed by atoms with Crippen LogP contribution in [0.15, 0.2) is 18.2 Å². The van der Waals surface area contributed by atoms with Crippen molar-refractivity contribution in [3.05, 3.63) is 23.8 Å². The molecule has 0 saturated heterocycles. The first kappa shape index (κ1) is 14.9. The van der Waals surface area contributed by atoms with Crippen LogP contribution in [0.3, 0.4) is 0 Å². The van der Waals surface area contributed by atoms with Gasteiger partial charge in [-0.1, -0.05) is 0 Å². The van der Waals surface area contributed by atoms with Gasteiger partial charge in [0.05, 0.1) is 33.5 Å². The van der Waals surface area contributed by atoms with E-state index in [1.54, 1.807) is 39.4 Å². The van der Waals surface area contributed by atoms with E-state index in [4.69, 9.17) is 18.9 Å². The van der Waals surface area contributed by atoms with E-state index in [0.29, 0.717) is 29.4 Å². The molecule has 0 radical (unpaired) electrons. The van der Waals surface area contributed by atoms with Crippen molar-refractivity contribution in [1.29, 1.82) is 0 Å². The first-order chi connectivity index (χ1) is 9.17. The van der Waals surface area contributed by atoms with E-state index >= 15 is 0 Å². The van der Waals surface area contributed by atoms with Gasteiger partial charge in [0.2, 0.25) is 0 Å². The van der Waals surface area contributed by atoms with Crippen LogP contribution in [0.1, 0.15) is 12.5 Å². The van der Waals surface area contributed by atoms with Crippen LogP contribution in [0, 0.1) is 0 Å². The van der Waals surface area contributed by atoms with Gasteiger partial charge in [0, 0.05) is 6.08 Å². The Morgan fingerprint density at radius 2 is 1.74 bits per heavy atom. The summed E-state index contributed by atoms with van der Waals surface area (Å²) >= 11 is 0. The predicted octanol–water partition coefficient (Wildman–Crippen LogP) is 2.29. The average Bonchev–Trinajstić information content (AvgIpc) is 2.44. The predicted molar refractivity (Wildman–Crippen MR) is 71.8 cm³/mol. The molecule has 0 bridgehead atoms. The van der Waals surface area contributed by atoms with Crippen molar-refractivity contribution < 1.29 is 23.7 Å². The highest BCUT2D eigenvalue weighted by atomic mass is 16.5. The molecule has 1 rings (SSSR count). The SMILES string of the molecule is CCOC(=O)C=Cc1c(OC)ccc(OC)c1OC. The molecule has 0 aliphatic carbocycles. The molecule has 19 heavy (non-hydrogen) atoms. The summed E-state index contributed by atoms with van der Waals surface area (Å²) in [7, 11) is 4.62. The number of hydrogen-bond donors (Lipinski definition) is 0. The second-order valence-corrected chi connectivity index (χ2v) is 3.50. The Balaban J connectivity index is 3.18. The summed E-state index contributed by atoms with van der Waals surface area (Å²) in [6.45, 7) is 2.08. The summed E-state index contributed by atoms with van der Waals surface area (Å²) in [4.78, 5) is 11.3. The average molecular weight is 266 g/mol. The summed E-state index contributed by atoms with van der Waals surface area (Å²) in [5, 5.41) is 0. The molecule has 0 aliphatic rings. The van der Waals surface area contributed by atoms with E-state index in [1.807, 2.05) is 0 Å². The van der Waals surface area contributed by atoms with Gasteiger partial charge in [-0.2, -0.15) is 0 Å². The van der Waals surface area contributed by atoms with Crippen molar-refractivity contribution >= 4 is 12.0 Å². The number of ether oxygens (including phenoxy) is 4. The highest BCUT2D eigenvalue weighted by Crippen LogP contribution is 2.38. The highest BCUT2D eigenvalue weighted by Gasteiger charge is 2.13. The van der Waals surface area contributed by atoms with Crippen molar-refractivity contribution in [3.8, 4) is 17.2 Å².